The van der Waals surface area contributed by atoms with E-state index in [1.54, 1.807) is 18.5 Å². The molecular formula is C13H10N4O. The van der Waals surface area contributed by atoms with E-state index in [-0.39, 0.29) is 11.6 Å². The molecule has 0 saturated carbocycles. The zero-order valence-corrected chi connectivity index (χ0v) is 9.40. The average molecular weight is 238 g/mol. The number of fused-ring (bicyclic) bond motifs is 1. The maximum Gasteiger partial charge on any atom is 0.323 e. The van der Waals surface area contributed by atoms with E-state index < -0.39 is 0 Å². The maximum atomic E-state index is 11.2. The highest BCUT2D eigenvalue weighted by atomic mass is 16.1. The van der Waals surface area contributed by atoms with Gasteiger partial charge >= 0.3 is 5.69 Å². The third-order valence-corrected chi connectivity index (χ3v) is 2.96. The smallest absolute Gasteiger partial charge is 0.323 e. The molecule has 0 radical (unpaired) electrons. The molecule has 3 N–H and O–H groups in total. The standard InChI is InChI=1S/C13H10N4O/c14-6-10(9-3-4-15-7-9)8-1-2-11-12(5-8)17-13(18)16-11/h1-5,7,10,15H,(H2,16,17,18). The minimum atomic E-state index is -0.334. The summed E-state index contributed by atoms with van der Waals surface area (Å²) in [4.78, 5) is 19.5. The van der Waals surface area contributed by atoms with Gasteiger partial charge in [-0.15, -0.1) is 0 Å². The van der Waals surface area contributed by atoms with Gasteiger partial charge in [0.1, 0.15) is 0 Å². The summed E-state index contributed by atoms with van der Waals surface area (Å²) in [6.07, 6.45) is 3.59. The molecular weight excluding hydrogens is 228 g/mol. The van der Waals surface area contributed by atoms with Crippen molar-refractivity contribution in [3.8, 4) is 6.07 Å². The quantitative estimate of drug-likeness (QED) is 0.636. The van der Waals surface area contributed by atoms with Gasteiger partial charge in [-0.2, -0.15) is 5.26 Å². The van der Waals surface area contributed by atoms with Gasteiger partial charge in [0.05, 0.1) is 23.0 Å². The summed E-state index contributed by atoms with van der Waals surface area (Å²) in [7, 11) is 0. The van der Waals surface area contributed by atoms with Crippen molar-refractivity contribution in [2.24, 2.45) is 0 Å². The van der Waals surface area contributed by atoms with Crippen LogP contribution in [0.15, 0.2) is 41.5 Å². The van der Waals surface area contributed by atoms with Gasteiger partial charge < -0.3 is 15.0 Å². The van der Waals surface area contributed by atoms with Gasteiger partial charge in [-0.1, -0.05) is 6.07 Å². The first-order valence-corrected chi connectivity index (χ1v) is 5.52. The average Bonchev–Trinajstić information content (AvgIpc) is 2.97. The molecule has 5 nitrogen and oxygen atoms in total. The van der Waals surface area contributed by atoms with E-state index in [2.05, 4.69) is 21.0 Å². The lowest BCUT2D eigenvalue weighted by molar-refractivity contribution is 1.04. The molecule has 0 fully saturated rings. The predicted molar refractivity (Wildman–Crippen MR) is 67.2 cm³/mol. The van der Waals surface area contributed by atoms with Crippen molar-refractivity contribution in [3.63, 3.8) is 0 Å². The lowest BCUT2D eigenvalue weighted by Gasteiger charge is -2.07. The normalized spacial score (nSPS) is 12.4. The van der Waals surface area contributed by atoms with Crippen LogP contribution in [0.25, 0.3) is 11.0 Å². The number of nitriles is 1. The fourth-order valence-corrected chi connectivity index (χ4v) is 2.09. The predicted octanol–water partition coefficient (Wildman–Crippen LogP) is 1.84. The van der Waals surface area contributed by atoms with Crippen LogP contribution in [0.1, 0.15) is 17.0 Å². The second-order valence-electron chi connectivity index (χ2n) is 4.09. The molecule has 0 aliphatic heterocycles. The number of aromatic amines is 3. The van der Waals surface area contributed by atoms with Crippen LogP contribution in [0.2, 0.25) is 0 Å². The van der Waals surface area contributed by atoms with Crippen molar-refractivity contribution in [2.75, 3.05) is 0 Å². The molecule has 0 amide bonds. The SMILES string of the molecule is N#CC(c1cc[nH]c1)c1ccc2[nH]c(=O)[nH]c2c1. The van der Waals surface area contributed by atoms with Crippen LogP contribution in [-0.2, 0) is 0 Å². The Morgan fingerprint density at radius 1 is 1.11 bits per heavy atom. The summed E-state index contributed by atoms with van der Waals surface area (Å²) >= 11 is 0. The van der Waals surface area contributed by atoms with E-state index in [9.17, 15) is 10.1 Å². The van der Waals surface area contributed by atoms with Crippen molar-refractivity contribution in [1.29, 1.82) is 5.26 Å². The number of imidazole rings is 1. The molecule has 0 bridgehead atoms. The zero-order chi connectivity index (χ0) is 12.5. The van der Waals surface area contributed by atoms with Gasteiger partial charge in [0.15, 0.2) is 0 Å². The molecule has 0 saturated heterocycles. The number of benzene rings is 1. The highest BCUT2D eigenvalue weighted by molar-refractivity contribution is 5.75. The van der Waals surface area contributed by atoms with Gasteiger partial charge in [-0.05, 0) is 29.3 Å². The summed E-state index contributed by atoms with van der Waals surface area (Å²) in [6.45, 7) is 0. The maximum absolute atomic E-state index is 11.2. The molecule has 1 aromatic carbocycles. The molecule has 0 spiro atoms. The molecule has 3 aromatic rings. The van der Waals surface area contributed by atoms with Gasteiger partial charge in [0.2, 0.25) is 0 Å². The summed E-state index contributed by atoms with van der Waals surface area (Å²) in [5.74, 6) is -0.334. The Bertz CT molecular complexity index is 773. The van der Waals surface area contributed by atoms with Gasteiger partial charge in [-0.25, -0.2) is 4.79 Å². The number of nitrogens with one attached hydrogen (secondary N) is 3. The van der Waals surface area contributed by atoms with Crippen LogP contribution in [0, 0.1) is 11.3 Å². The van der Waals surface area contributed by atoms with Gasteiger partial charge in [0, 0.05) is 12.4 Å². The zero-order valence-electron chi connectivity index (χ0n) is 9.40. The Hall–Kier alpha value is -2.74. The van der Waals surface area contributed by atoms with Crippen molar-refractivity contribution < 1.29 is 0 Å². The van der Waals surface area contributed by atoms with Crippen LogP contribution in [0.3, 0.4) is 0 Å². The van der Waals surface area contributed by atoms with Crippen LogP contribution < -0.4 is 5.69 Å². The molecule has 0 aliphatic rings. The molecule has 3 rings (SSSR count). The molecule has 2 aromatic heterocycles. The lowest BCUT2D eigenvalue weighted by Crippen LogP contribution is -1.99. The number of hydrogen-bond acceptors (Lipinski definition) is 2. The Morgan fingerprint density at radius 3 is 2.67 bits per heavy atom. The van der Waals surface area contributed by atoms with Crippen LogP contribution in [-0.4, -0.2) is 15.0 Å². The summed E-state index contributed by atoms with van der Waals surface area (Å²) in [5, 5.41) is 9.28. The number of rotatable bonds is 2. The van der Waals surface area contributed by atoms with Crippen molar-refractivity contribution >= 4 is 11.0 Å². The lowest BCUT2D eigenvalue weighted by atomic mass is 9.94. The van der Waals surface area contributed by atoms with E-state index in [0.29, 0.717) is 5.52 Å². The Labute approximate surface area is 102 Å². The Balaban J connectivity index is 2.13. The molecule has 1 unspecified atom stereocenters. The first-order chi connectivity index (χ1) is 8.78. The first-order valence-electron chi connectivity index (χ1n) is 5.52. The molecule has 18 heavy (non-hydrogen) atoms. The van der Waals surface area contributed by atoms with Crippen molar-refractivity contribution in [2.45, 2.75) is 5.92 Å². The Kier molecular flexibility index (Phi) is 2.27. The van der Waals surface area contributed by atoms with Gasteiger partial charge in [-0.3, -0.25) is 0 Å². The number of aromatic nitrogens is 3. The molecule has 0 aliphatic carbocycles. The highest BCUT2D eigenvalue weighted by Crippen LogP contribution is 2.25. The van der Waals surface area contributed by atoms with Crippen LogP contribution in [0.5, 0.6) is 0 Å². The molecule has 88 valence electrons. The highest BCUT2D eigenvalue weighted by Gasteiger charge is 2.14. The van der Waals surface area contributed by atoms with E-state index in [0.717, 1.165) is 16.6 Å². The third kappa shape index (κ3) is 1.60. The van der Waals surface area contributed by atoms with Crippen molar-refractivity contribution in [1.82, 2.24) is 15.0 Å². The summed E-state index contributed by atoms with van der Waals surface area (Å²) < 4.78 is 0. The van der Waals surface area contributed by atoms with Crippen LogP contribution >= 0.6 is 0 Å². The summed E-state index contributed by atoms with van der Waals surface area (Å²) in [5.41, 5.74) is 3.00. The second kappa shape index (κ2) is 3.93. The number of hydrogen-bond donors (Lipinski definition) is 3. The largest absolute Gasteiger partial charge is 0.367 e. The van der Waals surface area contributed by atoms with E-state index in [1.165, 1.54) is 0 Å². The molecule has 2 heterocycles. The first kappa shape index (κ1) is 10.4. The minimum Gasteiger partial charge on any atom is -0.367 e. The fourth-order valence-electron chi connectivity index (χ4n) is 2.09. The van der Waals surface area contributed by atoms with Crippen LogP contribution in [0.4, 0.5) is 0 Å². The second-order valence-corrected chi connectivity index (χ2v) is 4.09. The molecule has 1 atom stereocenters. The topological polar surface area (TPSA) is 88.2 Å². The Morgan fingerprint density at radius 2 is 1.94 bits per heavy atom. The summed E-state index contributed by atoms with van der Waals surface area (Å²) in [6, 6.07) is 9.63. The van der Waals surface area contributed by atoms with E-state index >= 15 is 0 Å². The monoisotopic (exact) mass is 238 g/mol. The van der Waals surface area contributed by atoms with E-state index in [1.807, 2.05) is 18.2 Å². The third-order valence-electron chi connectivity index (χ3n) is 2.96. The van der Waals surface area contributed by atoms with E-state index in [4.69, 9.17) is 0 Å². The number of nitrogens with zero attached hydrogens (tertiary/aromatic N) is 1. The fraction of sp³-hybridized carbons (Fsp3) is 0.0769. The molecule has 5 heteroatoms. The van der Waals surface area contributed by atoms with Crippen molar-refractivity contribution in [3.05, 3.63) is 58.3 Å². The van der Waals surface area contributed by atoms with Gasteiger partial charge in [0.25, 0.3) is 0 Å². The minimum absolute atomic E-state index is 0.239. The number of H-pyrrole nitrogens is 3.